The van der Waals surface area contributed by atoms with E-state index in [0.29, 0.717) is 43.6 Å². The van der Waals surface area contributed by atoms with E-state index in [0.717, 1.165) is 42.0 Å². The van der Waals surface area contributed by atoms with E-state index in [2.05, 4.69) is 5.32 Å². The molecule has 0 unspecified atom stereocenters. The molecular weight excluding hydrogens is 444 g/mol. The Balaban J connectivity index is 1.51. The van der Waals surface area contributed by atoms with Crippen LogP contribution >= 0.6 is 0 Å². The summed E-state index contributed by atoms with van der Waals surface area (Å²) in [6.45, 7) is 3.25. The van der Waals surface area contributed by atoms with Crippen molar-refractivity contribution in [3.05, 3.63) is 46.4 Å². The van der Waals surface area contributed by atoms with E-state index in [1.165, 1.54) is 6.42 Å². The minimum atomic E-state index is -0.297. The van der Waals surface area contributed by atoms with Gasteiger partial charge in [-0.25, -0.2) is 4.79 Å². The van der Waals surface area contributed by atoms with Crippen molar-refractivity contribution in [2.24, 2.45) is 7.05 Å². The van der Waals surface area contributed by atoms with Gasteiger partial charge in [-0.15, -0.1) is 0 Å². The van der Waals surface area contributed by atoms with Crippen molar-refractivity contribution in [3.8, 4) is 0 Å². The van der Waals surface area contributed by atoms with E-state index in [-0.39, 0.29) is 29.6 Å². The molecule has 8 heteroatoms. The third-order valence-corrected chi connectivity index (χ3v) is 7.65. The van der Waals surface area contributed by atoms with Crippen LogP contribution in [-0.4, -0.2) is 51.8 Å². The third kappa shape index (κ3) is 4.30. The molecule has 1 aliphatic carbocycles. The fraction of sp³-hybridized carbons (Fsp3) is 0.519. The van der Waals surface area contributed by atoms with Crippen LogP contribution in [0.3, 0.4) is 0 Å². The number of nitrogens with zero attached hydrogens (tertiary/aromatic N) is 3. The van der Waals surface area contributed by atoms with Gasteiger partial charge in [-0.1, -0.05) is 37.5 Å². The van der Waals surface area contributed by atoms with Gasteiger partial charge in [-0.2, -0.15) is 0 Å². The molecule has 1 saturated heterocycles. The van der Waals surface area contributed by atoms with Crippen LogP contribution in [0.4, 0.5) is 4.79 Å². The molecule has 2 aromatic heterocycles. The van der Waals surface area contributed by atoms with Gasteiger partial charge in [0.2, 0.25) is 0 Å². The second-order valence-corrected chi connectivity index (χ2v) is 9.78. The van der Waals surface area contributed by atoms with Crippen LogP contribution in [0, 0.1) is 0 Å². The number of aryl methyl sites for hydroxylation is 1. The maximum atomic E-state index is 13.7. The fourth-order valence-corrected chi connectivity index (χ4v) is 5.79. The molecular formula is C27H34N4O4. The molecule has 1 aliphatic heterocycles. The quantitative estimate of drug-likeness (QED) is 0.604. The highest BCUT2D eigenvalue weighted by atomic mass is 16.6. The first kappa shape index (κ1) is 23.5. The number of benzene rings is 1. The van der Waals surface area contributed by atoms with Crippen molar-refractivity contribution < 1.29 is 14.3 Å². The lowest BCUT2D eigenvalue weighted by molar-refractivity contribution is 0.0860. The summed E-state index contributed by atoms with van der Waals surface area (Å²) in [6.07, 6.45) is 8.17. The maximum absolute atomic E-state index is 13.7. The number of ether oxygens (including phenoxy) is 1. The first-order valence-corrected chi connectivity index (χ1v) is 12.8. The zero-order chi connectivity index (χ0) is 24.5. The number of rotatable bonds is 4. The lowest BCUT2D eigenvalue weighted by Crippen LogP contribution is -2.46. The Morgan fingerprint density at radius 3 is 2.49 bits per heavy atom. The lowest BCUT2D eigenvalue weighted by atomic mass is 9.94. The van der Waals surface area contributed by atoms with Crippen LogP contribution < -0.4 is 10.9 Å². The number of piperidine rings is 1. The number of aromatic nitrogens is 2. The molecule has 2 fully saturated rings. The second kappa shape index (κ2) is 9.76. The summed E-state index contributed by atoms with van der Waals surface area (Å²) >= 11 is 0. The van der Waals surface area contributed by atoms with Crippen LogP contribution in [0.15, 0.2) is 35.3 Å². The molecule has 186 valence electrons. The SMILES string of the molecule is CCOC(=O)N1CCC(NC(=O)c2cn(C3CCCCC3)c(=O)c3c2c2ccccc2n3C)CC1. The number of pyridine rings is 1. The largest absolute Gasteiger partial charge is 0.450 e. The monoisotopic (exact) mass is 478 g/mol. The highest BCUT2D eigenvalue weighted by Gasteiger charge is 2.28. The fourth-order valence-electron chi connectivity index (χ4n) is 5.79. The molecule has 8 nitrogen and oxygen atoms in total. The number of nitrogens with one attached hydrogen (secondary N) is 1. The molecule has 3 aromatic rings. The Kier molecular flexibility index (Phi) is 6.54. The van der Waals surface area contributed by atoms with Crippen molar-refractivity contribution in [1.29, 1.82) is 0 Å². The predicted molar refractivity (Wildman–Crippen MR) is 136 cm³/mol. The van der Waals surface area contributed by atoms with E-state index in [9.17, 15) is 14.4 Å². The Morgan fingerprint density at radius 2 is 1.77 bits per heavy atom. The topological polar surface area (TPSA) is 85.6 Å². The predicted octanol–water partition coefficient (Wildman–Crippen LogP) is 4.35. The summed E-state index contributed by atoms with van der Waals surface area (Å²) in [5, 5.41) is 4.84. The summed E-state index contributed by atoms with van der Waals surface area (Å²) < 4.78 is 8.85. The Morgan fingerprint density at radius 1 is 1.06 bits per heavy atom. The Labute approximate surface area is 204 Å². The first-order valence-electron chi connectivity index (χ1n) is 12.8. The number of carbonyl (C=O) groups excluding carboxylic acids is 2. The highest BCUT2D eigenvalue weighted by Crippen LogP contribution is 2.32. The number of amides is 2. The van der Waals surface area contributed by atoms with Gasteiger partial charge >= 0.3 is 6.09 Å². The average molecular weight is 479 g/mol. The van der Waals surface area contributed by atoms with Gasteiger partial charge in [0.1, 0.15) is 5.52 Å². The van der Waals surface area contributed by atoms with Crippen LogP contribution in [0.1, 0.15) is 68.3 Å². The van der Waals surface area contributed by atoms with Gasteiger partial charge in [0.25, 0.3) is 11.5 Å². The van der Waals surface area contributed by atoms with Crippen molar-refractivity contribution in [2.75, 3.05) is 19.7 Å². The van der Waals surface area contributed by atoms with Gasteiger partial charge in [0.05, 0.1) is 12.2 Å². The van der Waals surface area contributed by atoms with Crippen molar-refractivity contribution in [1.82, 2.24) is 19.4 Å². The van der Waals surface area contributed by atoms with Crippen molar-refractivity contribution in [3.63, 3.8) is 0 Å². The van der Waals surface area contributed by atoms with Crippen LogP contribution in [0.25, 0.3) is 21.8 Å². The molecule has 35 heavy (non-hydrogen) atoms. The molecule has 1 N–H and O–H groups in total. The van der Waals surface area contributed by atoms with Gasteiger partial charge in [0, 0.05) is 54.7 Å². The number of likely N-dealkylation sites (tertiary alicyclic amines) is 1. The summed E-state index contributed by atoms with van der Waals surface area (Å²) in [6, 6.07) is 7.97. The first-order chi connectivity index (χ1) is 17.0. The van der Waals surface area contributed by atoms with E-state index >= 15 is 0 Å². The molecule has 0 spiro atoms. The summed E-state index contributed by atoms with van der Waals surface area (Å²) in [5.41, 5.74) is 2.05. The van der Waals surface area contributed by atoms with Crippen LogP contribution in [0.2, 0.25) is 0 Å². The zero-order valence-corrected chi connectivity index (χ0v) is 20.6. The number of hydrogen-bond acceptors (Lipinski definition) is 4. The van der Waals surface area contributed by atoms with Crippen LogP contribution in [-0.2, 0) is 11.8 Å². The molecule has 0 bridgehead atoms. The molecule has 1 aromatic carbocycles. The molecule has 1 saturated carbocycles. The van der Waals surface area contributed by atoms with Gasteiger partial charge < -0.3 is 24.1 Å². The molecule has 0 radical (unpaired) electrons. The normalized spacial score (nSPS) is 17.7. The summed E-state index contributed by atoms with van der Waals surface area (Å²) in [4.78, 5) is 41.1. The molecule has 3 heterocycles. The van der Waals surface area contributed by atoms with E-state index in [1.54, 1.807) is 18.0 Å². The Bertz CT molecular complexity index is 1310. The van der Waals surface area contributed by atoms with E-state index in [4.69, 9.17) is 4.74 Å². The molecule has 2 amide bonds. The Hall–Kier alpha value is -3.29. The smallest absolute Gasteiger partial charge is 0.409 e. The highest BCUT2D eigenvalue weighted by molar-refractivity contribution is 6.17. The minimum absolute atomic E-state index is 0.0232. The van der Waals surface area contributed by atoms with E-state index < -0.39 is 0 Å². The number of fused-ring (bicyclic) bond motifs is 3. The molecule has 2 aliphatic rings. The lowest BCUT2D eigenvalue weighted by Gasteiger charge is -2.31. The number of hydrogen-bond donors (Lipinski definition) is 1. The van der Waals surface area contributed by atoms with Crippen molar-refractivity contribution in [2.45, 2.75) is 64.0 Å². The number of carbonyl (C=O) groups is 2. The second-order valence-electron chi connectivity index (χ2n) is 9.78. The molecule has 5 rings (SSSR count). The van der Waals surface area contributed by atoms with Crippen molar-refractivity contribution >= 4 is 33.8 Å². The van der Waals surface area contributed by atoms with Gasteiger partial charge in [-0.3, -0.25) is 9.59 Å². The zero-order valence-electron chi connectivity index (χ0n) is 20.6. The van der Waals surface area contributed by atoms with E-state index in [1.807, 2.05) is 40.4 Å². The third-order valence-electron chi connectivity index (χ3n) is 7.65. The summed E-state index contributed by atoms with van der Waals surface area (Å²) in [5.74, 6) is -0.162. The molecule has 0 atom stereocenters. The number of para-hydroxylation sites is 1. The standard InChI is InChI=1S/C27H34N4O4/c1-3-35-27(34)30-15-13-18(14-16-30)28-25(32)21-17-31(19-9-5-4-6-10-19)26(33)24-23(21)20-11-7-8-12-22(20)29(24)2/h7-8,11-12,17-19H,3-6,9-10,13-16H2,1-2H3,(H,28,32). The maximum Gasteiger partial charge on any atom is 0.409 e. The van der Waals surface area contributed by atoms with Crippen LogP contribution in [0.5, 0.6) is 0 Å². The minimum Gasteiger partial charge on any atom is -0.450 e. The van der Waals surface area contributed by atoms with Gasteiger partial charge in [0.15, 0.2) is 0 Å². The van der Waals surface area contributed by atoms with Gasteiger partial charge in [-0.05, 0) is 38.7 Å². The summed E-state index contributed by atoms with van der Waals surface area (Å²) in [7, 11) is 1.91. The average Bonchev–Trinajstić information content (AvgIpc) is 3.18.